The van der Waals surface area contributed by atoms with Crippen molar-refractivity contribution in [2.45, 2.75) is 177 Å². The van der Waals surface area contributed by atoms with Crippen molar-refractivity contribution < 1.29 is 84.7 Å². The number of carboxylic acid groups (broad SMARTS) is 1. The molecule has 0 aromatic rings. The van der Waals surface area contributed by atoms with Gasteiger partial charge in [0.25, 0.3) is 0 Å². The van der Waals surface area contributed by atoms with Gasteiger partial charge in [0.2, 0.25) is 0 Å². The Morgan fingerprint density at radius 2 is 1.23 bits per heavy atom. The number of aliphatic hydroxyl groups excluding tert-OH is 9. The number of aliphatic hydroxyl groups is 10. The molecule has 0 spiro atoms. The van der Waals surface area contributed by atoms with E-state index in [1.54, 1.807) is 80.7 Å². The van der Waals surface area contributed by atoms with Gasteiger partial charge in [-0.25, -0.2) is 0 Å². The van der Waals surface area contributed by atoms with Gasteiger partial charge in [-0.3, -0.25) is 9.59 Å². The zero-order chi connectivity index (χ0) is 48.4. The van der Waals surface area contributed by atoms with Crippen molar-refractivity contribution in [2.24, 2.45) is 23.5 Å². The Bertz CT molecular complexity index is 1670. The summed E-state index contributed by atoms with van der Waals surface area (Å²) in [4.78, 5) is 25.1. The monoisotopic (exact) mass is 923 g/mol. The summed E-state index contributed by atoms with van der Waals surface area (Å²) in [5.41, 5.74) is 6.02. The molecule has 18 nitrogen and oxygen atoms in total. The highest BCUT2D eigenvalue weighted by atomic mass is 16.7. The second kappa shape index (κ2) is 27.4. The average Bonchev–Trinajstić information content (AvgIpc) is 3.21. The minimum absolute atomic E-state index is 0.107. The summed E-state index contributed by atoms with van der Waals surface area (Å²) in [6.07, 6.45) is 3.46. The Balaban J connectivity index is 1.86. The molecular formula is C47H73NO17. The zero-order valence-corrected chi connectivity index (χ0v) is 37.6. The number of rotatable bonds is 3. The number of allylic oxidation sites excluding steroid dienone is 12. The van der Waals surface area contributed by atoms with E-state index in [1.165, 1.54) is 13.0 Å². The largest absolute Gasteiger partial charge is 0.481 e. The molecule has 368 valence electrons. The molecule has 13 N–H and O–H groups in total. The summed E-state index contributed by atoms with van der Waals surface area (Å²) < 4.78 is 23.1. The fourth-order valence-corrected chi connectivity index (χ4v) is 7.97. The smallest absolute Gasteiger partial charge is 0.311 e. The highest BCUT2D eigenvalue weighted by Gasteiger charge is 2.51. The molecule has 18 unspecified atom stereocenters. The molecule has 0 aliphatic carbocycles. The van der Waals surface area contributed by atoms with Crippen molar-refractivity contribution in [3.05, 3.63) is 85.1 Å². The predicted octanol–water partition coefficient (Wildman–Crippen LogP) is 0.712. The number of hydrogen-bond donors (Lipinski definition) is 12. The maximum absolute atomic E-state index is 12.6. The summed E-state index contributed by atoms with van der Waals surface area (Å²) in [6.45, 7) is 6.74. The van der Waals surface area contributed by atoms with Gasteiger partial charge in [-0.2, -0.15) is 0 Å². The molecule has 3 rings (SSSR count). The van der Waals surface area contributed by atoms with Crippen LogP contribution >= 0.6 is 0 Å². The first-order valence-electron chi connectivity index (χ1n) is 22.3. The molecule has 3 heterocycles. The number of carbonyl (C=O) groups is 2. The van der Waals surface area contributed by atoms with Crippen molar-refractivity contribution >= 4 is 11.9 Å². The molecule has 2 bridgehead atoms. The summed E-state index contributed by atoms with van der Waals surface area (Å²) in [5, 5.41) is 118. The topological polar surface area (TPSA) is 320 Å². The molecule has 0 radical (unpaired) electrons. The van der Waals surface area contributed by atoms with Gasteiger partial charge in [-0.1, -0.05) is 98.9 Å². The van der Waals surface area contributed by atoms with E-state index in [0.717, 1.165) is 0 Å². The van der Waals surface area contributed by atoms with Crippen molar-refractivity contribution in [1.82, 2.24) is 0 Å². The third kappa shape index (κ3) is 18.6. The first-order chi connectivity index (χ1) is 30.6. The lowest BCUT2D eigenvalue weighted by atomic mass is 9.82. The Labute approximate surface area is 381 Å². The van der Waals surface area contributed by atoms with E-state index < -0.39 is 147 Å². The maximum atomic E-state index is 12.6. The van der Waals surface area contributed by atoms with Gasteiger partial charge in [0.05, 0.1) is 79.6 Å². The van der Waals surface area contributed by atoms with Crippen LogP contribution < -0.4 is 5.73 Å². The van der Waals surface area contributed by atoms with E-state index in [4.69, 9.17) is 24.7 Å². The summed E-state index contributed by atoms with van der Waals surface area (Å²) in [5.74, 6) is -6.83. The average molecular weight is 924 g/mol. The standard InChI is InChI=1S/C47H73NO17/c1-27-17-15-13-11-9-7-5-6-8-10-12-14-16-18-34(64-46-44(58)41(48)43(57)30(4)63-46)24-38-40(45(59)60)37(54)26-47(61,65-38)25-33(51)22-36(53)35(52)20-19-31(49)21-32(50)23-39(55)62-29(3)28(2)42(27)56/h5-18,27-38,40-44,46,49-54,56-58,61H,19-26,48H2,1-4H3,(H,59,60)/b6-5+,9-7+,10-8+,13-11-,14-12+,17-15+,18-16+/t27?,28?,29?,30?,31?,32?,33?,34?,35?,36?,37?,38?,40?,41?,42?,43?,44?,46-,47?/m1/s1. The second-order valence-electron chi connectivity index (χ2n) is 17.6. The van der Waals surface area contributed by atoms with Gasteiger partial charge >= 0.3 is 11.9 Å². The normalized spacial score (nSPS) is 45.5. The third-order valence-corrected chi connectivity index (χ3v) is 12.0. The van der Waals surface area contributed by atoms with Crippen LogP contribution in [-0.2, 0) is 28.5 Å². The fourth-order valence-electron chi connectivity index (χ4n) is 7.97. The Kier molecular flexibility index (Phi) is 23.6. The molecule has 0 saturated carbocycles. The summed E-state index contributed by atoms with van der Waals surface area (Å²) in [6, 6.07) is -1.15. The molecule has 2 fully saturated rings. The lowest BCUT2D eigenvalue weighted by Crippen LogP contribution is -2.61. The fraction of sp³-hybridized carbons (Fsp3) is 0.660. The molecule has 18 heteroatoms. The van der Waals surface area contributed by atoms with Crippen LogP contribution in [0.3, 0.4) is 0 Å². The Hall–Kier alpha value is -3.44. The van der Waals surface area contributed by atoms with Crippen LogP contribution in [-0.4, -0.2) is 166 Å². The number of fused-ring (bicyclic) bond motifs is 2. The molecular weight excluding hydrogens is 851 g/mol. The van der Waals surface area contributed by atoms with Gasteiger partial charge < -0.3 is 80.9 Å². The molecule has 2 saturated heterocycles. The Morgan fingerprint density at radius 3 is 1.82 bits per heavy atom. The van der Waals surface area contributed by atoms with Gasteiger partial charge in [-0.05, 0) is 33.1 Å². The lowest BCUT2D eigenvalue weighted by Gasteiger charge is -2.45. The number of carboxylic acids is 1. The first-order valence-corrected chi connectivity index (χ1v) is 22.3. The third-order valence-electron chi connectivity index (χ3n) is 12.0. The van der Waals surface area contributed by atoms with E-state index in [2.05, 4.69) is 0 Å². The van der Waals surface area contributed by atoms with Crippen molar-refractivity contribution in [1.29, 1.82) is 0 Å². The highest BCUT2D eigenvalue weighted by Crippen LogP contribution is 2.38. The molecule has 65 heavy (non-hydrogen) atoms. The van der Waals surface area contributed by atoms with Gasteiger partial charge in [-0.15, -0.1) is 0 Å². The number of esters is 1. The molecule has 19 atom stereocenters. The highest BCUT2D eigenvalue weighted by molar-refractivity contribution is 5.71. The van der Waals surface area contributed by atoms with Crippen LogP contribution in [0.1, 0.15) is 79.1 Å². The van der Waals surface area contributed by atoms with Crippen molar-refractivity contribution in [3.63, 3.8) is 0 Å². The van der Waals surface area contributed by atoms with E-state index in [-0.39, 0.29) is 31.6 Å². The van der Waals surface area contributed by atoms with Crippen LogP contribution in [0, 0.1) is 17.8 Å². The minimum atomic E-state index is -2.33. The number of aliphatic carboxylic acids is 1. The summed E-state index contributed by atoms with van der Waals surface area (Å²) >= 11 is 0. The number of nitrogens with two attached hydrogens (primary N) is 1. The second-order valence-corrected chi connectivity index (χ2v) is 17.6. The number of cyclic esters (lactones) is 1. The molecule has 0 aromatic heterocycles. The number of hydrogen-bond acceptors (Lipinski definition) is 17. The molecule has 3 aliphatic heterocycles. The summed E-state index contributed by atoms with van der Waals surface area (Å²) in [7, 11) is 0. The maximum Gasteiger partial charge on any atom is 0.311 e. The lowest BCUT2D eigenvalue weighted by molar-refractivity contribution is -0.308. The van der Waals surface area contributed by atoms with Crippen molar-refractivity contribution in [3.8, 4) is 0 Å². The van der Waals surface area contributed by atoms with Gasteiger partial charge in [0.1, 0.15) is 18.1 Å². The number of ether oxygens (including phenoxy) is 4. The molecule has 0 aromatic carbocycles. The van der Waals surface area contributed by atoms with Crippen LogP contribution in [0.4, 0.5) is 0 Å². The molecule has 3 aliphatic rings. The zero-order valence-electron chi connectivity index (χ0n) is 37.6. The quantitative estimate of drug-likeness (QED) is 0.174. The Morgan fingerprint density at radius 1 is 0.662 bits per heavy atom. The van der Waals surface area contributed by atoms with Crippen LogP contribution in [0.2, 0.25) is 0 Å². The van der Waals surface area contributed by atoms with Crippen LogP contribution in [0.15, 0.2) is 85.1 Å². The van der Waals surface area contributed by atoms with E-state index in [0.29, 0.717) is 0 Å². The SMILES string of the molecule is CC1/C=C/C=C\C=C\C=C\C=C\C=C\C=C\C(O[C@H]2OC(C)C(O)C(N)C2O)CC2OC(O)(CC(O)CC(O)C(O)CCC(O)CC(O)CC(=O)OC(C)C(C)C1O)CC(O)C2C(=O)O. The van der Waals surface area contributed by atoms with Gasteiger partial charge in [0, 0.05) is 37.5 Å². The predicted molar refractivity (Wildman–Crippen MR) is 237 cm³/mol. The van der Waals surface area contributed by atoms with Gasteiger partial charge in [0.15, 0.2) is 12.1 Å². The van der Waals surface area contributed by atoms with Crippen LogP contribution in [0.25, 0.3) is 0 Å². The van der Waals surface area contributed by atoms with Crippen LogP contribution in [0.5, 0.6) is 0 Å². The molecule has 0 amide bonds. The van der Waals surface area contributed by atoms with E-state index in [9.17, 15) is 65.8 Å². The minimum Gasteiger partial charge on any atom is -0.481 e. The first kappa shape index (κ1) is 55.9. The van der Waals surface area contributed by atoms with Crippen molar-refractivity contribution in [2.75, 3.05) is 0 Å². The van der Waals surface area contributed by atoms with E-state index >= 15 is 0 Å². The number of carbonyl (C=O) groups excluding carboxylic acids is 1. The van der Waals surface area contributed by atoms with E-state index in [1.807, 2.05) is 19.1 Å².